The molecule has 0 aliphatic carbocycles. The largest absolute Gasteiger partial charge is 0.399 e. The summed E-state index contributed by atoms with van der Waals surface area (Å²) in [7, 11) is -3.86. The van der Waals surface area contributed by atoms with Gasteiger partial charge in [-0.15, -0.1) is 0 Å². The zero-order valence-corrected chi connectivity index (χ0v) is 12.4. The first-order chi connectivity index (χ1) is 9.28. The number of hydrogen-bond donors (Lipinski definition) is 3. The van der Waals surface area contributed by atoms with E-state index in [2.05, 4.69) is 4.72 Å². The van der Waals surface area contributed by atoms with Gasteiger partial charge in [-0.05, 0) is 31.0 Å². The van der Waals surface area contributed by atoms with Crippen molar-refractivity contribution in [1.82, 2.24) is 4.72 Å². The molecule has 0 unspecified atom stereocenters. The Labute approximate surface area is 119 Å². The molecule has 4 N–H and O–H groups in total. The molecule has 1 aromatic rings. The number of aliphatic hydroxyl groups is 1. The SMILES string of the molecule is CCC(O)(CC)CNS(=O)(=O)c1ccc(N)cc1C#N. The molecule has 1 aromatic carbocycles. The minimum Gasteiger partial charge on any atom is -0.399 e. The van der Waals surface area contributed by atoms with Gasteiger partial charge in [-0.3, -0.25) is 0 Å². The van der Waals surface area contributed by atoms with Crippen molar-refractivity contribution in [3.8, 4) is 6.07 Å². The lowest BCUT2D eigenvalue weighted by atomic mass is 9.98. The van der Waals surface area contributed by atoms with Crippen LogP contribution < -0.4 is 10.5 Å². The standard InChI is InChI=1S/C13H19N3O3S/c1-3-13(17,4-2)9-16-20(18,19)12-6-5-11(15)7-10(12)8-14/h5-7,16-17H,3-4,9,15H2,1-2H3. The molecule has 0 fully saturated rings. The van der Waals surface area contributed by atoms with Crippen molar-refractivity contribution in [1.29, 1.82) is 5.26 Å². The van der Waals surface area contributed by atoms with E-state index in [1.54, 1.807) is 19.9 Å². The average molecular weight is 297 g/mol. The number of rotatable bonds is 6. The first-order valence-corrected chi connectivity index (χ1v) is 7.78. The topological polar surface area (TPSA) is 116 Å². The molecule has 20 heavy (non-hydrogen) atoms. The van der Waals surface area contributed by atoms with Crippen LogP contribution in [0.5, 0.6) is 0 Å². The van der Waals surface area contributed by atoms with Crippen LogP contribution in [0.1, 0.15) is 32.3 Å². The second-order valence-electron chi connectivity index (χ2n) is 4.62. The normalized spacial score (nSPS) is 12.1. The lowest BCUT2D eigenvalue weighted by Gasteiger charge is -2.25. The molecule has 0 saturated heterocycles. The smallest absolute Gasteiger partial charge is 0.241 e. The van der Waals surface area contributed by atoms with Crippen LogP contribution >= 0.6 is 0 Å². The molecule has 0 aliphatic heterocycles. The molecule has 1 rings (SSSR count). The molecule has 0 aromatic heterocycles. The van der Waals surface area contributed by atoms with E-state index in [9.17, 15) is 13.5 Å². The molecule has 110 valence electrons. The monoisotopic (exact) mass is 297 g/mol. The summed E-state index contributed by atoms with van der Waals surface area (Å²) in [6.45, 7) is 3.46. The van der Waals surface area contributed by atoms with Crippen molar-refractivity contribution in [3.63, 3.8) is 0 Å². The van der Waals surface area contributed by atoms with Crippen LogP contribution in [-0.4, -0.2) is 25.7 Å². The van der Waals surface area contributed by atoms with Gasteiger partial charge in [0.1, 0.15) is 6.07 Å². The van der Waals surface area contributed by atoms with E-state index >= 15 is 0 Å². The van der Waals surface area contributed by atoms with Crippen LogP contribution in [0, 0.1) is 11.3 Å². The van der Waals surface area contributed by atoms with E-state index in [0.29, 0.717) is 18.5 Å². The fraction of sp³-hybridized carbons (Fsp3) is 0.462. The highest BCUT2D eigenvalue weighted by atomic mass is 32.2. The Bertz CT molecular complexity index is 616. The molecule has 0 aliphatic rings. The van der Waals surface area contributed by atoms with Crippen LogP contribution in [-0.2, 0) is 10.0 Å². The van der Waals surface area contributed by atoms with E-state index < -0.39 is 15.6 Å². The summed E-state index contributed by atoms with van der Waals surface area (Å²) in [5, 5.41) is 19.1. The summed E-state index contributed by atoms with van der Waals surface area (Å²) in [5.74, 6) is 0. The predicted octanol–water partition coefficient (Wildman–Crippen LogP) is 0.970. The van der Waals surface area contributed by atoms with Gasteiger partial charge in [0, 0.05) is 12.2 Å². The lowest BCUT2D eigenvalue weighted by Crippen LogP contribution is -2.42. The molecular weight excluding hydrogens is 278 g/mol. The van der Waals surface area contributed by atoms with Gasteiger partial charge in [0.15, 0.2) is 0 Å². The Balaban J connectivity index is 3.04. The van der Waals surface area contributed by atoms with Gasteiger partial charge in [0.05, 0.1) is 16.1 Å². The van der Waals surface area contributed by atoms with Gasteiger partial charge >= 0.3 is 0 Å². The molecule has 0 atom stereocenters. The summed E-state index contributed by atoms with van der Waals surface area (Å²) >= 11 is 0. The molecule has 0 amide bonds. The Morgan fingerprint density at radius 3 is 2.50 bits per heavy atom. The maximum Gasteiger partial charge on any atom is 0.241 e. The zero-order valence-electron chi connectivity index (χ0n) is 11.5. The van der Waals surface area contributed by atoms with E-state index in [1.807, 2.05) is 0 Å². The van der Waals surface area contributed by atoms with Crippen LogP contribution in [0.4, 0.5) is 5.69 Å². The third-order valence-electron chi connectivity index (χ3n) is 3.32. The number of nitrogens with one attached hydrogen (secondary N) is 1. The Kier molecular flexibility index (Phi) is 5.11. The van der Waals surface area contributed by atoms with Gasteiger partial charge < -0.3 is 10.8 Å². The molecular formula is C13H19N3O3S. The molecule has 6 nitrogen and oxygen atoms in total. The number of nitrogens with zero attached hydrogens (tertiary/aromatic N) is 1. The van der Waals surface area contributed by atoms with Crippen molar-refractivity contribution in [2.24, 2.45) is 0 Å². The Morgan fingerprint density at radius 2 is 2.00 bits per heavy atom. The number of nitrogens with two attached hydrogens (primary N) is 1. The average Bonchev–Trinajstić information content (AvgIpc) is 2.44. The minimum atomic E-state index is -3.86. The second kappa shape index (κ2) is 6.22. The highest BCUT2D eigenvalue weighted by Crippen LogP contribution is 2.19. The fourth-order valence-corrected chi connectivity index (χ4v) is 2.93. The number of anilines is 1. The lowest BCUT2D eigenvalue weighted by molar-refractivity contribution is 0.0377. The third kappa shape index (κ3) is 3.70. The molecule has 0 spiro atoms. The number of nitriles is 1. The molecule has 0 saturated carbocycles. The zero-order chi connectivity index (χ0) is 15.4. The van der Waals surface area contributed by atoms with E-state index in [1.165, 1.54) is 18.2 Å². The summed E-state index contributed by atoms with van der Waals surface area (Å²) in [6, 6.07) is 5.81. The van der Waals surface area contributed by atoms with Gasteiger partial charge in [-0.2, -0.15) is 5.26 Å². The Morgan fingerprint density at radius 1 is 1.40 bits per heavy atom. The number of nitrogen functional groups attached to an aromatic ring is 1. The van der Waals surface area contributed by atoms with Crippen molar-refractivity contribution < 1.29 is 13.5 Å². The van der Waals surface area contributed by atoms with E-state index in [-0.39, 0.29) is 17.0 Å². The van der Waals surface area contributed by atoms with Gasteiger partial charge in [0.2, 0.25) is 10.0 Å². The first kappa shape index (κ1) is 16.4. The third-order valence-corrected chi connectivity index (χ3v) is 4.78. The fourth-order valence-electron chi connectivity index (χ4n) is 1.68. The Hall–Kier alpha value is -1.62. The van der Waals surface area contributed by atoms with Crippen LogP contribution in [0.25, 0.3) is 0 Å². The molecule has 7 heteroatoms. The van der Waals surface area contributed by atoms with Crippen LogP contribution in [0.15, 0.2) is 23.1 Å². The maximum atomic E-state index is 12.2. The highest BCUT2D eigenvalue weighted by molar-refractivity contribution is 7.89. The quantitative estimate of drug-likeness (QED) is 0.676. The van der Waals surface area contributed by atoms with E-state index in [4.69, 9.17) is 11.0 Å². The number of sulfonamides is 1. The minimum absolute atomic E-state index is 0.0194. The van der Waals surface area contributed by atoms with Gasteiger partial charge in [-0.1, -0.05) is 13.8 Å². The van der Waals surface area contributed by atoms with Gasteiger partial charge in [-0.25, -0.2) is 13.1 Å². The van der Waals surface area contributed by atoms with Crippen molar-refractivity contribution >= 4 is 15.7 Å². The highest BCUT2D eigenvalue weighted by Gasteiger charge is 2.26. The summed E-state index contributed by atoms with van der Waals surface area (Å²) < 4.78 is 26.7. The molecule has 0 bridgehead atoms. The summed E-state index contributed by atoms with van der Waals surface area (Å²) in [4.78, 5) is -0.135. The van der Waals surface area contributed by atoms with Gasteiger partial charge in [0.25, 0.3) is 0 Å². The molecule has 0 radical (unpaired) electrons. The molecule has 0 heterocycles. The summed E-state index contributed by atoms with van der Waals surface area (Å²) in [5.41, 5.74) is 4.74. The second-order valence-corrected chi connectivity index (χ2v) is 6.36. The van der Waals surface area contributed by atoms with E-state index in [0.717, 1.165) is 0 Å². The van der Waals surface area contributed by atoms with Crippen LogP contribution in [0.3, 0.4) is 0 Å². The van der Waals surface area contributed by atoms with Crippen molar-refractivity contribution in [2.75, 3.05) is 12.3 Å². The summed E-state index contributed by atoms with van der Waals surface area (Å²) in [6.07, 6.45) is 0.859. The van der Waals surface area contributed by atoms with Crippen LogP contribution in [0.2, 0.25) is 0 Å². The number of benzene rings is 1. The number of hydrogen-bond acceptors (Lipinski definition) is 5. The predicted molar refractivity (Wildman–Crippen MR) is 76.3 cm³/mol. The maximum absolute atomic E-state index is 12.2. The van der Waals surface area contributed by atoms with Crippen molar-refractivity contribution in [3.05, 3.63) is 23.8 Å². The van der Waals surface area contributed by atoms with Crippen molar-refractivity contribution in [2.45, 2.75) is 37.2 Å². The first-order valence-electron chi connectivity index (χ1n) is 6.29.